The number of hydrogen-bond acceptors (Lipinski definition) is 4. The van der Waals surface area contributed by atoms with Crippen LogP contribution in [-0.4, -0.2) is 20.4 Å². The molecule has 0 radical (unpaired) electrons. The molecule has 0 unspecified atom stereocenters. The first-order valence-corrected chi connectivity index (χ1v) is 6.50. The van der Waals surface area contributed by atoms with Crippen molar-refractivity contribution < 1.29 is 9.72 Å². The number of nitro groups is 1. The minimum Gasteiger partial charge on any atom is -0.358 e. The van der Waals surface area contributed by atoms with E-state index < -0.39 is 4.92 Å². The summed E-state index contributed by atoms with van der Waals surface area (Å²) in [7, 11) is 0. The first-order chi connectivity index (χ1) is 9.99. The van der Waals surface area contributed by atoms with Crippen molar-refractivity contribution in [2.45, 2.75) is 26.4 Å². The normalized spacial score (nSPS) is 11.9. The summed E-state index contributed by atoms with van der Waals surface area (Å²) in [5.74, 6) is -0.0465. The highest BCUT2D eigenvalue weighted by Crippen LogP contribution is 2.14. The average molecular weight is 288 g/mol. The van der Waals surface area contributed by atoms with Gasteiger partial charge in [-0.25, -0.2) is 9.55 Å². The van der Waals surface area contributed by atoms with Crippen LogP contribution >= 0.6 is 0 Å². The maximum absolute atomic E-state index is 12.0. The van der Waals surface area contributed by atoms with Gasteiger partial charge in [-0.1, -0.05) is 30.3 Å². The van der Waals surface area contributed by atoms with E-state index in [0.717, 1.165) is 11.8 Å². The molecular weight excluding hydrogens is 272 g/mol. The Balaban J connectivity index is 2.06. The molecule has 2 rings (SSSR count). The predicted octanol–water partition coefficient (Wildman–Crippen LogP) is 1.98. The molecule has 1 heterocycles. The molecule has 0 aliphatic rings. The van der Waals surface area contributed by atoms with Crippen molar-refractivity contribution in [1.29, 1.82) is 0 Å². The molecule has 7 nitrogen and oxygen atoms in total. The van der Waals surface area contributed by atoms with Gasteiger partial charge in [0.2, 0.25) is 0 Å². The van der Waals surface area contributed by atoms with Gasteiger partial charge >= 0.3 is 5.82 Å². The molecule has 0 aliphatic carbocycles. The first kappa shape index (κ1) is 14.7. The Morgan fingerprint density at radius 1 is 1.43 bits per heavy atom. The minimum absolute atomic E-state index is 0.126. The highest BCUT2D eigenvalue weighted by Gasteiger charge is 2.21. The average Bonchev–Trinajstić information content (AvgIpc) is 2.81. The molecular formula is C14H16N4O3. The Kier molecular flexibility index (Phi) is 4.32. The van der Waals surface area contributed by atoms with Crippen LogP contribution in [0.2, 0.25) is 0 Å². The number of aryl methyl sites for hydroxylation is 1. The van der Waals surface area contributed by atoms with Gasteiger partial charge in [-0.15, -0.1) is 0 Å². The van der Waals surface area contributed by atoms with Gasteiger partial charge in [0.25, 0.3) is 5.91 Å². The number of benzene rings is 1. The van der Waals surface area contributed by atoms with Gasteiger partial charge < -0.3 is 15.4 Å². The summed E-state index contributed by atoms with van der Waals surface area (Å²) in [6.07, 6.45) is 1.16. The Morgan fingerprint density at radius 3 is 2.71 bits per heavy atom. The van der Waals surface area contributed by atoms with Gasteiger partial charge in [-0.05, 0) is 17.4 Å². The van der Waals surface area contributed by atoms with Gasteiger partial charge in [-0.3, -0.25) is 4.79 Å². The summed E-state index contributed by atoms with van der Waals surface area (Å²) in [5, 5.41) is 13.7. The molecule has 0 saturated carbocycles. The van der Waals surface area contributed by atoms with Gasteiger partial charge in [0.05, 0.1) is 6.04 Å². The standard InChI is InChI=1S/C14H16N4O3/c1-10(12-6-4-3-5-7-12)16-13(19)9-17-11(2)15-8-14(17)18(20)21/h3-8,10H,9H2,1-2H3,(H,16,19)/t10-/m1/s1. The molecule has 2 aromatic rings. The molecule has 0 spiro atoms. The van der Waals surface area contributed by atoms with Crippen LogP contribution in [0.25, 0.3) is 0 Å². The van der Waals surface area contributed by atoms with Crippen molar-refractivity contribution in [2.75, 3.05) is 0 Å². The maximum atomic E-state index is 12.0. The molecule has 1 N–H and O–H groups in total. The zero-order valence-corrected chi connectivity index (χ0v) is 11.8. The molecule has 0 saturated heterocycles. The highest BCUT2D eigenvalue weighted by molar-refractivity contribution is 5.76. The van der Waals surface area contributed by atoms with Crippen molar-refractivity contribution in [3.8, 4) is 0 Å². The third kappa shape index (κ3) is 3.44. The smallest absolute Gasteiger partial charge is 0.343 e. The third-order valence-corrected chi connectivity index (χ3v) is 3.20. The second-order valence-corrected chi connectivity index (χ2v) is 4.71. The summed E-state index contributed by atoms with van der Waals surface area (Å²) in [5.41, 5.74) is 0.975. The summed E-state index contributed by atoms with van der Waals surface area (Å²) in [6, 6.07) is 9.34. The van der Waals surface area contributed by atoms with E-state index in [1.807, 2.05) is 37.3 Å². The number of aromatic nitrogens is 2. The topological polar surface area (TPSA) is 90.1 Å². The molecule has 7 heteroatoms. The van der Waals surface area contributed by atoms with Crippen molar-refractivity contribution in [3.05, 3.63) is 58.0 Å². The molecule has 0 bridgehead atoms. The number of hydrogen-bond donors (Lipinski definition) is 1. The van der Waals surface area contributed by atoms with E-state index in [1.54, 1.807) is 6.92 Å². The summed E-state index contributed by atoms with van der Waals surface area (Å²) in [6.45, 7) is 3.36. The SMILES string of the molecule is Cc1ncc([N+](=O)[O-])n1CC(=O)N[C@H](C)c1ccccc1. The first-order valence-electron chi connectivity index (χ1n) is 6.50. The molecule has 110 valence electrons. The van der Waals surface area contributed by atoms with E-state index in [-0.39, 0.29) is 24.3 Å². The largest absolute Gasteiger partial charge is 0.358 e. The van der Waals surface area contributed by atoms with Crippen LogP contribution in [0.4, 0.5) is 5.82 Å². The van der Waals surface area contributed by atoms with E-state index >= 15 is 0 Å². The van der Waals surface area contributed by atoms with Gasteiger partial charge in [-0.2, -0.15) is 0 Å². The summed E-state index contributed by atoms with van der Waals surface area (Å²) >= 11 is 0. The Labute approximate surface area is 121 Å². The van der Waals surface area contributed by atoms with Gasteiger partial charge in [0.1, 0.15) is 6.20 Å². The fraction of sp³-hybridized carbons (Fsp3) is 0.286. The zero-order chi connectivity index (χ0) is 15.4. The van der Waals surface area contributed by atoms with E-state index in [0.29, 0.717) is 5.82 Å². The molecule has 0 aliphatic heterocycles. The molecule has 21 heavy (non-hydrogen) atoms. The minimum atomic E-state index is -0.548. The Bertz CT molecular complexity index is 651. The third-order valence-electron chi connectivity index (χ3n) is 3.20. The van der Waals surface area contributed by atoms with E-state index in [1.165, 1.54) is 4.57 Å². The van der Waals surface area contributed by atoms with Crippen LogP contribution in [0.3, 0.4) is 0 Å². The number of nitrogens with one attached hydrogen (secondary N) is 1. The lowest BCUT2D eigenvalue weighted by atomic mass is 10.1. The molecule has 1 amide bonds. The van der Waals surface area contributed by atoms with Crippen molar-refractivity contribution >= 4 is 11.7 Å². The number of carbonyl (C=O) groups excluding carboxylic acids is 1. The van der Waals surface area contributed by atoms with Gasteiger partial charge in [0, 0.05) is 6.92 Å². The number of carbonyl (C=O) groups is 1. The number of imidazole rings is 1. The second-order valence-electron chi connectivity index (χ2n) is 4.71. The van der Waals surface area contributed by atoms with Crippen molar-refractivity contribution in [2.24, 2.45) is 0 Å². The fourth-order valence-corrected chi connectivity index (χ4v) is 2.05. The lowest BCUT2D eigenvalue weighted by molar-refractivity contribution is -0.392. The van der Waals surface area contributed by atoms with Crippen LogP contribution < -0.4 is 5.32 Å². The molecule has 0 fully saturated rings. The van der Waals surface area contributed by atoms with Crippen molar-refractivity contribution in [3.63, 3.8) is 0 Å². The van der Waals surface area contributed by atoms with Crippen LogP contribution in [0, 0.1) is 17.0 Å². The Morgan fingerprint density at radius 2 is 2.10 bits per heavy atom. The van der Waals surface area contributed by atoms with E-state index in [4.69, 9.17) is 0 Å². The lowest BCUT2D eigenvalue weighted by Gasteiger charge is -2.13. The summed E-state index contributed by atoms with van der Waals surface area (Å²) in [4.78, 5) is 26.2. The van der Waals surface area contributed by atoms with Crippen LogP contribution in [-0.2, 0) is 11.3 Å². The zero-order valence-electron chi connectivity index (χ0n) is 11.8. The molecule has 1 aromatic carbocycles. The molecule has 1 atom stereocenters. The number of amides is 1. The van der Waals surface area contributed by atoms with Crippen LogP contribution in [0.1, 0.15) is 24.4 Å². The highest BCUT2D eigenvalue weighted by atomic mass is 16.6. The van der Waals surface area contributed by atoms with Gasteiger partial charge in [0.15, 0.2) is 12.4 Å². The van der Waals surface area contributed by atoms with E-state index in [9.17, 15) is 14.9 Å². The van der Waals surface area contributed by atoms with Crippen LogP contribution in [0.5, 0.6) is 0 Å². The molecule has 1 aromatic heterocycles. The maximum Gasteiger partial charge on any atom is 0.343 e. The van der Waals surface area contributed by atoms with E-state index in [2.05, 4.69) is 10.3 Å². The predicted molar refractivity (Wildman–Crippen MR) is 76.6 cm³/mol. The quantitative estimate of drug-likeness (QED) is 0.672. The Hall–Kier alpha value is -2.70. The van der Waals surface area contributed by atoms with Crippen molar-refractivity contribution in [1.82, 2.24) is 14.9 Å². The number of nitrogens with zero attached hydrogens (tertiary/aromatic N) is 3. The monoisotopic (exact) mass is 288 g/mol. The lowest BCUT2D eigenvalue weighted by Crippen LogP contribution is -2.30. The second kappa shape index (κ2) is 6.17. The number of rotatable bonds is 5. The van der Waals surface area contributed by atoms with Crippen LogP contribution in [0.15, 0.2) is 36.5 Å². The summed E-state index contributed by atoms with van der Waals surface area (Å²) < 4.78 is 1.28. The fourth-order valence-electron chi connectivity index (χ4n) is 2.05.